The smallest absolute Gasteiger partial charge is 0.271 e. The molecular formula is C21H22ClN3O2. The van der Waals surface area contributed by atoms with E-state index in [2.05, 4.69) is 41.2 Å². The molecule has 0 fully saturated rings. The summed E-state index contributed by atoms with van der Waals surface area (Å²) < 4.78 is 2.22. The van der Waals surface area contributed by atoms with Crippen LogP contribution < -0.4 is 5.43 Å². The predicted molar refractivity (Wildman–Crippen MR) is 110 cm³/mol. The molecule has 0 atom stereocenters. The molecule has 0 aliphatic heterocycles. The summed E-state index contributed by atoms with van der Waals surface area (Å²) in [4.78, 5) is 12.2. The molecule has 1 aromatic heterocycles. The van der Waals surface area contributed by atoms with Crippen LogP contribution in [0.25, 0.3) is 10.9 Å². The van der Waals surface area contributed by atoms with Gasteiger partial charge in [0.05, 0.1) is 11.2 Å². The molecule has 0 saturated carbocycles. The number of aromatic hydroxyl groups is 1. The molecule has 0 radical (unpaired) electrons. The highest BCUT2D eigenvalue weighted by molar-refractivity contribution is 6.32. The number of para-hydroxylation sites is 1. The number of rotatable bonds is 6. The fourth-order valence-corrected chi connectivity index (χ4v) is 3.01. The molecule has 0 bridgehead atoms. The van der Waals surface area contributed by atoms with Gasteiger partial charge in [0.1, 0.15) is 5.75 Å². The second-order valence-corrected chi connectivity index (χ2v) is 7.25. The Labute approximate surface area is 163 Å². The van der Waals surface area contributed by atoms with Gasteiger partial charge >= 0.3 is 0 Å². The number of halogens is 1. The molecule has 5 nitrogen and oxygen atoms in total. The molecular weight excluding hydrogens is 362 g/mol. The van der Waals surface area contributed by atoms with Gasteiger partial charge in [-0.3, -0.25) is 4.79 Å². The minimum absolute atomic E-state index is 0.0640. The second-order valence-electron chi connectivity index (χ2n) is 6.84. The summed E-state index contributed by atoms with van der Waals surface area (Å²) in [5.41, 5.74) is 4.92. The van der Waals surface area contributed by atoms with Gasteiger partial charge in [0.2, 0.25) is 0 Å². The van der Waals surface area contributed by atoms with E-state index in [9.17, 15) is 9.90 Å². The first-order chi connectivity index (χ1) is 13.0. The predicted octanol–water partition coefficient (Wildman–Crippen LogP) is 4.81. The number of phenolic OH excluding ortho intramolecular Hbond substituents is 1. The lowest BCUT2D eigenvalue weighted by molar-refractivity contribution is 0.0955. The van der Waals surface area contributed by atoms with Crippen LogP contribution in [-0.2, 0) is 6.54 Å². The maximum atomic E-state index is 12.2. The Balaban J connectivity index is 1.77. The number of hydrogen-bond donors (Lipinski definition) is 2. The molecule has 0 spiro atoms. The summed E-state index contributed by atoms with van der Waals surface area (Å²) in [5, 5.41) is 14.7. The third-order valence-electron chi connectivity index (χ3n) is 4.35. The molecule has 1 amide bonds. The third-order valence-corrected chi connectivity index (χ3v) is 4.65. The minimum atomic E-state index is -0.392. The van der Waals surface area contributed by atoms with E-state index in [1.165, 1.54) is 18.2 Å². The first-order valence-corrected chi connectivity index (χ1v) is 9.23. The van der Waals surface area contributed by atoms with Gasteiger partial charge in [-0.1, -0.05) is 43.6 Å². The zero-order valence-electron chi connectivity index (χ0n) is 15.3. The highest BCUT2D eigenvalue weighted by Gasteiger charge is 2.09. The Morgan fingerprint density at radius 2 is 2.07 bits per heavy atom. The Morgan fingerprint density at radius 1 is 1.30 bits per heavy atom. The second kappa shape index (κ2) is 8.27. The topological polar surface area (TPSA) is 66.6 Å². The van der Waals surface area contributed by atoms with Crippen molar-refractivity contribution in [2.75, 3.05) is 0 Å². The van der Waals surface area contributed by atoms with Crippen molar-refractivity contribution in [2.24, 2.45) is 11.0 Å². The number of aromatic nitrogens is 1. The third kappa shape index (κ3) is 4.49. The van der Waals surface area contributed by atoms with Gasteiger partial charge in [-0.05, 0) is 36.6 Å². The Morgan fingerprint density at radius 3 is 2.81 bits per heavy atom. The molecule has 6 heteroatoms. The van der Waals surface area contributed by atoms with Crippen LogP contribution >= 0.6 is 11.6 Å². The molecule has 2 N–H and O–H groups in total. The van der Waals surface area contributed by atoms with Gasteiger partial charge in [-0.2, -0.15) is 5.10 Å². The summed E-state index contributed by atoms with van der Waals surface area (Å²) in [6.07, 6.45) is 4.79. The van der Waals surface area contributed by atoms with E-state index in [0.717, 1.165) is 29.4 Å². The lowest BCUT2D eigenvalue weighted by Gasteiger charge is -2.07. The van der Waals surface area contributed by atoms with Crippen LogP contribution in [0.1, 0.15) is 36.2 Å². The summed E-state index contributed by atoms with van der Waals surface area (Å²) in [5.74, 6) is 0.169. The number of phenols is 1. The van der Waals surface area contributed by atoms with Gasteiger partial charge in [0.15, 0.2) is 0 Å². The van der Waals surface area contributed by atoms with Crippen LogP contribution in [0.2, 0.25) is 5.02 Å². The maximum Gasteiger partial charge on any atom is 0.271 e. The molecule has 140 valence electrons. The van der Waals surface area contributed by atoms with Crippen molar-refractivity contribution >= 4 is 34.6 Å². The number of carbonyl (C=O) groups is 1. The van der Waals surface area contributed by atoms with Crippen molar-refractivity contribution in [3.63, 3.8) is 0 Å². The maximum absolute atomic E-state index is 12.2. The van der Waals surface area contributed by atoms with E-state index in [4.69, 9.17) is 11.6 Å². The number of nitrogens with one attached hydrogen (secondary N) is 1. The van der Waals surface area contributed by atoms with Gasteiger partial charge in [-0.25, -0.2) is 5.43 Å². The van der Waals surface area contributed by atoms with Crippen molar-refractivity contribution in [3.05, 3.63) is 64.8 Å². The highest BCUT2D eigenvalue weighted by Crippen LogP contribution is 2.24. The number of hydrazone groups is 1. The lowest BCUT2D eigenvalue weighted by Crippen LogP contribution is -2.17. The van der Waals surface area contributed by atoms with Crippen molar-refractivity contribution < 1.29 is 9.90 Å². The van der Waals surface area contributed by atoms with E-state index < -0.39 is 5.91 Å². The average Bonchev–Trinajstić information content (AvgIpc) is 3.00. The molecule has 0 aliphatic rings. The standard InChI is InChI=1S/C21H22ClN3O2/c1-14(2)9-10-25-13-16(17-5-3-4-6-19(17)25)12-23-24-21(27)15-7-8-20(26)18(22)11-15/h3-8,11-14,26H,9-10H2,1-2H3,(H,24,27)/b23-12+. The van der Waals surface area contributed by atoms with Crippen molar-refractivity contribution in [1.29, 1.82) is 0 Å². The van der Waals surface area contributed by atoms with Crippen molar-refractivity contribution in [2.45, 2.75) is 26.8 Å². The number of fused-ring (bicyclic) bond motifs is 1. The summed E-state index contributed by atoms with van der Waals surface area (Å²) in [6.45, 7) is 5.35. The monoisotopic (exact) mass is 383 g/mol. The van der Waals surface area contributed by atoms with Crippen LogP contribution in [0.15, 0.2) is 53.8 Å². The first kappa shape index (κ1) is 19.0. The van der Waals surface area contributed by atoms with Gasteiger partial charge in [-0.15, -0.1) is 0 Å². The van der Waals surface area contributed by atoms with E-state index in [-0.39, 0.29) is 10.8 Å². The first-order valence-electron chi connectivity index (χ1n) is 8.85. The molecule has 0 saturated heterocycles. The minimum Gasteiger partial charge on any atom is -0.506 e. The molecule has 1 heterocycles. The van der Waals surface area contributed by atoms with Gasteiger partial charge in [0.25, 0.3) is 5.91 Å². The van der Waals surface area contributed by atoms with Crippen LogP contribution in [0.3, 0.4) is 0 Å². The summed E-state index contributed by atoms with van der Waals surface area (Å²) in [7, 11) is 0. The normalized spacial score (nSPS) is 11.6. The van der Waals surface area contributed by atoms with E-state index in [1.807, 2.05) is 18.2 Å². The summed E-state index contributed by atoms with van der Waals surface area (Å²) >= 11 is 5.84. The number of amides is 1. The zero-order valence-corrected chi connectivity index (χ0v) is 16.1. The Kier molecular flexibility index (Phi) is 5.81. The quantitative estimate of drug-likeness (QED) is 0.473. The number of nitrogens with zero attached hydrogens (tertiary/aromatic N) is 2. The highest BCUT2D eigenvalue weighted by atomic mass is 35.5. The molecule has 27 heavy (non-hydrogen) atoms. The van der Waals surface area contributed by atoms with E-state index in [0.29, 0.717) is 11.5 Å². The van der Waals surface area contributed by atoms with E-state index in [1.54, 1.807) is 6.21 Å². The van der Waals surface area contributed by atoms with E-state index >= 15 is 0 Å². The van der Waals surface area contributed by atoms with Crippen molar-refractivity contribution in [3.8, 4) is 5.75 Å². The molecule has 3 aromatic rings. The van der Waals surface area contributed by atoms with Crippen LogP contribution in [0.4, 0.5) is 0 Å². The Bertz CT molecular complexity index is 992. The average molecular weight is 384 g/mol. The molecule has 0 aliphatic carbocycles. The number of aryl methyl sites for hydroxylation is 1. The molecule has 2 aromatic carbocycles. The molecule has 3 rings (SSSR count). The van der Waals surface area contributed by atoms with Crippen LogP contribution in [-0.4, -0.2) is 21.8 Å². The number of carbonyl (C=O) groups excluding carboxylic acids is 1. The Hall–Kier alpha value is -2.79. The summed E-state index contributed by atoms with van der Waals surface area (Å²) in [6, 6.07) is 12.4. The van der Waals surface area contributed by atoms with Crippen molar-refractivity contribution in [1.82, 2.24) is 9.99 Å². The lowest BCUT2D eigenvalue weighted by atomic mass is 10.1. The van der Waals surface area contributed by atoms with Crippen LogP contribution in [0, 0.1) is 5.92 Å². The fourth-order valence-electron chi connectivity index (χ4n) is 2.83. The van der Waals surface area contributed by atoms with Crippen LogP contribution in [0.5, 0.6) is 5.75 Å². The fraction of sp³-hybridized carbons (Fsp3) is 0.238. The number of hydrogen-bond acceptors (Lipinski definition) is 3. The SMILES string of the molecule is CC(C)CCn1cc(/C=N/NC(=O)c2ccc(O)c(Cl)c2)c2ccccc21. The molecule has 0 unspecified atom stereocenters. The zero-order chi connectivity index (χ0) is 19.4. The largest absolute Gasteiger partial charge is 0.506 e. The van der Waals surface area contributed by atoms with Gasteiger partial charge < -0.3 is 9.67 Å². The number of benzene rings is 2. The van der Waals surface area contributed by atoms with Gasteiger partial charge in [0, 0.05) is 34.8 Å².